The van der Waals surface area contributed by atoms with Crippen molar-refractivity contribution in [2.24, 2.45) is 0 Å². The zero-order chi connectivity index (χ0) is 21.9. The fraction of sp³-hybridized carbons (Fsp3) is 0.381. The second-order valence-electron chi connectivity index (χ2n) is 7.34. The molecule has 0 unspecified atom stereocenters. The van der Waals surface area contributed by atoms with Crippen LogP contribution >= 0.6 is 0 Å². The average Bonchev–Trinajstić information content (AvgIpc) is 2.65. The van der Waals surface area contributed by atoms with Gasteiger partial charge in [-0.2, -0.15) is 21.6 Å². The standard InChI is InChI=1S/C13H13F3O4S.C8H10/c1-12(2)6-5-11(17)9-4-3-8(7-10(9)12)20-21(18,19)13(14,15)16;1-2-8-6-4-3-5-7-8/h3-4,7H,5-6H2,1-2H3;3-7H,2H2,1H3. The Labute approximate surface area is 168 Å². The molecular weight excluding hydrogens is 405 g/mol. The van der Waals surface area contributed by atoms with Crippen LogP contribution in [0.3, 0.4) is 0 Å². The molecule has 0 aromatic heterocycles. The lowest BCUT2D eigenvalue weighted by atomic mass is 9.72. The highest BCUT2D eigenvalue weighted by molar-refractivity contribution is 7.88. The first-order valence-electron chi connectivity index (χ1n) is 9.10. The van der Waals surface area contributed by atoms with Gasteiger partial charge in [0.15, 0.2) is 5.78 Å². The maximum Gasteiger partial charge on any atom is 0.534 e. The van der Waals surface area contributed by atoms with E-state index in [-0.39, 0.29) is 5.78 Å². The number of hydrogen-bond donors (Lipinski definition) is 0. The van der Waals surface area contributed by atoms with Gasteiger partial charge in [-0.05, 0) is 47.6 Å². The van der Waals surface area contributed by atoms with Crippen molar-refractivity contribution in [2.45, 2.75) is 51.0 Å². The van der Waals surface area contributed by atoms with Gasteiger partial charge >= 0.3 is 15.6 Å². The van der Waals surface area contributed by atoms with Crippen molar-refractivity contribution in [1.82, 2.24) is 0 Å². The van der Waals surface area contributed by atoms with Crippen molar-refractivity contribution in [2.75, 3.05) is 0 Å². The number of fused-ring (bicyclic) bond motifs is 1. The number of benzene rings is 2. The van der Waals surface area contributed by atoms with E-state index >= 15 is 0 Å². The molecule has 0 radical (unpaired) electrons. The second-order valence-corrected chi connectivity index (χ2v) is 8.87. The molecule has 29 heavy (non-hydrogen) atoms. The Hall–Kier alpha value is -2.35. The lowest BCUT2D eigenvalue weighted by Crippen LogP contribution is -2.29. The van der Waals surface area contributed by atoms with Gasteiger partial charge in [0, 0.05) is 12.0 Å². The average molecular weight is 428 g/mol. The van der Waals surface area contributed by atoms with E-state index in [1.807, 2.05) is 19.9 Å². The van der Waals surface area contributed by atoms with E-state index in [1.165, 1.54) is 17.7 Å². The molecule has 1 aliphatic rings. The predicted molar refractivity (Wildman–Crippen MR) is 104 cm³/mol. The summed E-state index contributed by atoms with van der Waals surface area (Å²) in [4.78, 5) is 11.8. The molecule has 0 saturated carbocycles. The van der Waals surface area contributed by atoms with Crippen LogP contribution in [0.25, 0.3) is 0 Å². The van der Waals surface area contributed by atoms with Gasteiger partial charge in [-0.1, -0.05) is 51.1 Å². The highest BCUT2D eigenvalue weighted by Crippen LogP contribution is 2.39. The zero-order valence-electron chi connectivity index (χ0n) is 16.4. The van der Waals surface area contributed by atoms with Crippen molar-refractivity contribution in [3.8, 4) is 5.75 Å². The Morgan fingerprint density at radius 2 is 1.69 bits per heavy atom. The summed E-state index contributed by atoms with van der Waals surface area (Å²) in [6.45, 7) is 5.83. The van der Waals surface area contributed by atoms with Gasteiger partial charge in [-0.25, -0.2) is 0 Å². The van der Waals surface area contributed by atoms with Gasteiger partial charge in [0.25, 0.3) is 0 Å². The number of carbonyl (C=O) groups excluding carboxylic acids is 1. The van der Waals surface area contributed by atoms with E-state index in [0.717, 1.165) is 12.5 Å². The van der Waals surface area contributed by atoms with E-state index in [2.05, 4.69) is 35.4 Å². The monoisotopic (exact) mass is 428 g/mol. The van der Waals surface area contributed by atoms with Gasteiger partial charge < -0.3 is 4.18 Å². The van der Waals surface area contributed by atoms with Crippen LogP contribution in [0.2, 0.25) is 0 Å². The number of hydrogen-bond acceptors (Lipinski definition) is 4. The van der Waals surface area contributed by atoms with E-state index in [1.54, 1.807) is 0 Å². The quantitative estimate of drug-likeness (QED) is 0.484. The first kappa shape index (κ1) is 22.9. The normalized spacial score (nSPS) is 15.7. The third-order valence-electron chi connectivity index (χ3n) is 4.74. The summed E-state index contributed by atoms with van der Waals surface area (Å²) in [5.74, 6) is -0.566. The first-order chi connectivity index (χ1) is 13.4. The molecule has 2 aromatic carbocycles. The Kier molecular flexibility index (Phi) is 6.78. The lowest BCUT2D eigenvalue weighted by Gasteiger charge is -2.31. The second kappa shape index (κ2) is 8.57. The van der Waals surface area contributed by atoms with Crippen molar-refractivity contribution in [1.29, 1.82) is 0 Å². The molecule has 2 aromatic rings. The molecule has 0 amide bonds. The number of Topliss-reactive ketones (excluding diaryl/α,β-unsaturated/α-hetero) is 1. The van der Waals surface area contributed by atoms with Gasteiger partial charge in [0.1, 0.15) is 5.75 Å². The lowest BCUT2D eigenvalue weighted by molar-refractivity contribution is -0.0500. The van der Waals surface area contributed by atoms with Gasteiger partial charge in [-0.3, -0.25) is 4.79 Å². The fourth-order valence-corrected chi connectivity index (χ4v) is 3.41. The van der Waals surface area contributed by atoms with Crippen molar-refractivity contribution < 1.29 is 30.6 Å². The van der Waals surface area contributed by atoms with Crippen LogP contribution < -0.4 is 4.18 Å². The summed E-state index contributed by atoms with van der Waals surface area (Å²) >= 11 is 0. The Morgan fingerprint density at radius 1 is 1.07 bits per heavy atom. The maximum atomic E-state index is 12.3. The highest BCUT2D eigenvalue weighted by atomic mass is 32.2. The molecule has 0 aliphatic heterocycles. The summed E-state index contributed by atoms with van der Waals surface area (Å²) in [6.07, 6.45) is 2.02. The molecule has 0 saturated heterocycles. The minimum atomic E-state index is -5.71. The molecule has 3 rings (SSSR count). The summed E-state index contributed by atoms with van der Waals surface area (Å²) < 4.78 is 63.0. The number of rotatable bonds is 3. The number of ketones is 1. The number of aryl methyl sites for hydroxylation is 1. The largest absolute Gasteiger partial charge is 0.534 e. The van der Waals surface area contributed by atoms with Crippen molar-refractivity contribution in [3.63, 3.8) is 0 Å². The number of alkyl halides is 3. The molecule has 0 N–H and O–H groups in total. The van der Waals surface area contributed by atoms with E-state index in [9.17, 15) is 26.4 Å². The Bertz CT molecular complexity index is 965. The van der Waals surface area contributed by atoms with E-state index in [0.29, 0.717) is 24.0 Å². The predicted octanol–water partition coefficient (Wildman–Crippen LogP) is 5.42. The molecule has 8 heteroatoms. The minimum Gasteiger partial charge on any atom is -0.376 e. The summed E-state index contributed by atoms with van der Waals surface area (Å²) in [7, 11) is -5.71. The van der Waals surface area contributed by atoms with Crippen LogP contribution in [0.4, 0.5) is 13.2 Å². The van der Waals surface area contributed by atoms with Crippen molar-refractivity contribution in [3.05, 3.63) is 65.2 Å². The number of carbonyl (C=O) groups is 1. The van der Waals surface area contributed by atoms with Gasteiger partial charge in [0.2, 0.25) is 0 Å². The molecule has 0 spiro atoms. The van der Waals surface area contributed by atoms with Crippen molar-refractivity contribution >= 4 is 15.9 Å². The molecular formula is C21H23F3O4S. The van der Waals surface area contributed by atoms with Crippen LogP contribution in [-0.2, 0) is 22.0 Å². The summed E-state index contributed by atoms with van der Waals surface area (Å²) in [6, 6.07) is 14.0. The SMILES string of the molecule is CC1(C)CCC(=O)c2ccc(OS(=O)(=O)C(F)(F)F)cc21.CCc1ccccc1. The van der Waals surface area contributed by atoms with Crippen LogP contribution in [0.15, 0.2) is 48.5 Å². The van der Waals surface area contributed by atoms with Crippen LogP contribution in [0.1, 0.15) is 55.1 Å². The van der Waals surface area contributed by atoms with Gasteiger partial charge in [-0.15, -0.1) is 0 Å². The first-order valence-corrected chi connectivity index (χ1v) is 10.5. The molecule has 4 nitrogen and oxygen atoms in total. The molecule has 0 bridgehead atoms. The smallest absolute Gasteiger partial charge is 0.376 e. The maximum absolute atomic E-state index is 12.3. The third-order valence-corrected chi connectivity index (χ3v) is 5.72. The Balaban J connectivity index is 0.000000313. The molecule has 0 heterocycles. The molecule has 1 aliphatic carbocycles. The third kappa shape index (κ3) is 5.59. The van der Waals surface area contributed by atoms with Crippen LogP contribution in [0.5, 0.6) is 5.75 Å². The van der Waals surface area contributed by atoms with E-state index in [4.69, 9.17) is 0 Å². The summed E-state index contributed by atoms with van der Waals surface area (Å²) in [5.41, 5.74) is -3.64. The topological polar surface area (TPSA) is 60.4 Å². The van der Waals surface area contributed by atoms with Crippen LogP contribution in [0, 0.1) is 0 Å². The fourth-order valence-electron chi connectivity index (χ4n) is 2.96. The van der Waals surface area contributed by atoms with E-state index < -0.39 is 26.8 Å². The highest BCUT2D eigenvalue weighted by Gasteiger charge is 2.48. The minimum absolute atomic E-state index is 0.116. The number of halogens is 3. The molecule has 0 atom stereocenters. The van der Waals surface area contributed by atoms with Gasteiger partial charge in [0.05, 0.1) is 0 Å². The molecule has 158 valence electrons. The molecule has 0 fully saturated rings. The summed E-state index contributed by atoms with van der Waals surface area (Å²) in [5, 5.41) is 0. The Morgan fingerprint density at radius 3 is 2.21 bits per heavy atom. The van der Waals surface area contributed by atoms with Crippen LogP contribution in [-0.4, -0.2) is 19.7 Å². The zero-order valence-corrected chi connectivity index (χ0v) is 17.2.